The first-order chi connectivity index (χ1) is 10.1. The zero-order valence-electron chi connectivity index (χ0n) is 11.6. The van der Waals surface area contributed by atoms with Crippen molar-refractivity contribution in [3.63, 3.8) is 0 Å². The molecule has 2 aromatic rings. The van der Waals surface area contributed by atoms with Gasteiger partial charge < -0.3 is 9.47 Å². The molecule has 0 aromatic heterocycles. The number of rotatable bonds is 6. The van der Waals surface area contributed by atoms with Gasteiger partial charge in [-0.05, 0) is 39.7 Å². The normalized spacial score (nSPS) is 10.4. The molecule has 5 heteroatoms. The SMILES string of the molecule is CCOC(=O)CC(=O)COc1ccc2ccccc2c1Br. The number of carbonyl (C=O) groups is 2. The number of fused-ring (bicyclic) bond motifs is 1. The van der Waals surface area contributed by atoms with E-state index >= 15 is 0 Å². The van der Waals surface area contributed by atoms with Gasteiger partial charge in [0.1, 0.15) is 18.8 Å². The molecule has 0 N–H and O–H groups in total. The highest BCUT2D eigenvalue weighted by Crippen LogP contribution is 2.32. The Balaban J connectivity index is 2.02. The molecule has 0 saturated heterocycles. The van der Waals surface area contributed by atoms with Crippen LogP contribution in [0.4, 0.5) is 0 Å². The van der Waals surface area contributed by atoms with Gasteiger partial charge in [0, 0.05) is 0 Å². The van der Waals surface area contributed by atoms with E-state index in [4.69, 9.17) is 9.47 Å². The number of esters is 1. The van der Waals surface area contributed by atoms with Gasteiger partial charge in [-0.3, -0.25) is 9.59 Å². The molecule has 2 rings (SSSR count). The Kier molecular flexibility index (Phi) is 5.33. The standard InChI is InChI=1S/C16H15BrO4/c1-2-20-15(19)9-12(18)10-21-14-8-7-11-5-3-4-6-13(11)16(14)17/h3-8H,2,9-10H2,1H3. The Morgan fingerprint density at radius 2 is 1.90 bits per heavy atom. The van der Waals surface area contributed by atoms with Crippen molar-refractivity contribution in [3.05, 3.63) is 40.9 Å². The summed E-state index contributed by atoms with van der Waals surface area (Å²) in [6, 6.07) is 11.6. The van der Waals surface area contributed by atoms with Crippen LogP contribution in [0, 0.1) is 0 Å². The summed E-state index contributed by atoms with van der Waals surface area (Å²) in [6.45, 7) is 1.81. The van der Waals surface area contributed by atoms with E-state index < -0.39 is 5.97 Å². The van der Waals surface area contributed by atoms with E-state index in [1.165, 1.54) is 0 Å². The molecule has 110 valence electrons. The fourth-order valence-corrected chi connectivity index (χ4v) is 2.52. The zero-order valence-corrected chi connectivity index (χ0v) is 13.2. The van der Waals surface area contributed by atoms with Crippen molar-refractivity contribution < 1.29 is 19.1 Å². The lowest BCUT2D eigenvalue weighted by Crippen LogP contribution is -2.17. The summed E-state index contributed by atoms with van der Waals surface area (Å²) in [5.74, 6) is -0.261. The second kappa shape index (κ2) is 7.22. The Morgan fingerprint density at radius 1 is 1.14 bits per heavy atom. The lowest BCUT2D eigenvalue weighted by atomic mass is 10.1. The summed E-state index contributed by atoms with van der Waals surface area (Å²) in [7, 11) is 0. The molecular weight excluding hydrogens is 336 g/mol. The molecule has 0 atom stereocenters. The second-order valence-corrected chi connectivity index (χ2v) is 5.20. The number of ketones is 1. The summed E-state index contributed by atoms with van der Waals surface area (Å²) in [6.07, 6.45) is -0.265. The third-order valence-electron chi connectivity index (χ3n) is 2.86. The Hall–Kier alpha value is -1.88. The summed E-state index contributed by atoms with van der Waals surface area (Å²) < 4.78 is 11.0. The molecule has 0 saturated carbocycles. The average Bonchev–Trinajstić information content (AvgIpc) is 2.47. The smallest absolute Gasteiger partial charge is 0.313 e. The number of Topliss-reactive ketones (excluding diaryl/α,β-unsaturated/α-hetero) is 1. The second-order valence-electron chi connectivity index (χ2n) is 4.41. The maximum atomic E-state index is 11.6. The van der Waals surface area contributed by atoms with Crippen molar-refractivity contribution in [2.45, 2.75) is 13.3 Å². The van der Waals surface area contributed by atoms with Crippen molar-refractivity contribution >= 4 is 38.5 Å². The van der Waals surface area contributed by atoms with E-state index in [2.05, 4.69) is 15.9 Å². The summed E-state index contributed by atoms with van der Waals surface area (Å²) in [5.41, 5.74) is 0. The average molecular weight is 351 g/mol. The molecular formula is C16H15BrO4. The van der Waals surface area contributed by atoms with Crippen molar-refractivity contribution in [1.29, 1.82) is 0 Å². The van der Waals surface area contributed by atoms with E-state index in [1.807, 2.05) is 30.3 Å². The van der Waals surface area contributed by atoms with Crippen LogP contribution in [0.25, 0.3) is 10.8 Å². The Labute approximate surface area is 131 Å². The van der Waals surface area contributed by atoms with Gasteiger partial charge in [0.15, 0.2) is 5.78 Å². The maximum absolute atomic E-state index is 11.6. The highest BCUT2D eigenvalue weighted by molar-refractivity contribution is 9.10. The molecule has 0 amide bonds. The predicted molar refractivity (Wildman–Crippen MR) is 83.4 cm³/mol. The minimum Gasteiger partial charge on any atom is -0.485 e. The molecule has 0 aliphatic carbocycles. The van der Waals surface area contributed by atoms with E-state index in [0.717, 1.165) is 15.2 Å². The first-order valence-corrected chi connectivity index (χ1v) is 7.38. The molecule has 0 heterocycles. The molecule has 0 bridgehead atoms. The van der Waals surface area contributed by atoms with Gasteiger partial charge in [0.2, 0.25) is 0 Å². The highest BCUT2D eigenvalue weighted by atomic mass is 79.9. The van der Waals surface area contributed by atoms with E-state index in [1.54, 1.807) is 13.0 Å². The predicted octanol–water partition coefficient (Wildman–Crippen LogP) is 3.50. The number of halogens is 1. The van der Waals surface area contributed by atoms with Crippen LogP contribution in [-0.2, 0) is 14.3 Å². The largest absolute Gasteiger partial charge is 0.485 e. The minimum absolute atomic E-state index is 0.157. The number of benzene rings is 2. The van der Waals surface area contributed by atoms with Crippen LogP contribution in [0.1, 0.15) is 13.3 Å². The van der Waals surface area contributed by atoms with Gasteiger partial charge in [-0.15, -0.1) is 0 Å². The van der Waals surface area contributed by atoms with Crippen LogP contribution in [0.2, 0.25) is 0 Å². The summed E-state index contributed by atoms with van der Waals surface area (Å²) in [5, 5.41) is 2.09. The molecule has 0 unspecified atom stereocenters. The molecule has 0 spiro atoms. The molecule has 4 nitrogen and oxygen atoms in total. The zero-order chi connectivity index (χ0) is 15.2. The quantitative estimate of drug-likeness (QED) is 0.590. The molecule has 0 aliphatic rings. The van der Waals surface area contributed by atoms with Gasteiger partial charge in [0.05, 0.1) is 11.1 Å². The highest BCUT2D eigenvalue weighted by Gasteiger charge is 2.12. The molecule has 21 heavy (non-hydrogen) atoms. The maximum Gasteiger partial charge on any atom is 0.313 e. The Morgan fingerprint density at radius 3 is 2.67 bits per heavy atom. The van der Waals surface area contributed by atoms with Crippen molar-refractivity contribution in [1.82, 2.24) is 0 Å². The molecule has 2 aromatic carbocycles. The minimum atomic E-state index is -0.524. The number of ether oxygens (including phenoxy) is 2. The monoisotopic (exact) mass is 350 g/mol. The summed E-state index contributed by atoms with van der Waals surface area (Å²) in [4.78, 5) is 22.8. The molecule has 0 fully saturated rings. The van der Waals surface area contributed by atoms with Gasteiger partial charge in [-0.25, -0.2) is 0 Å². The van der Waals surface area contributed by atoms with Crippen LogP contribution >= 0.6 is 15.9 Å². The number of hydrogen-bond acceptors (Lipinski definition) is 4. The Bertz CT molecular complexity index is 666. The van der Waals surface area contributed by atoms with Crippen LogP contribution in [0.3, 0.4) is 0 Å². The third kappa shape index (κ3) is 4.04. The third-order valence-corrected chi connectivity index (χ3v) is 3.68. The lowest BCUT2D eigenvalue weighted by molar-refractivity contribution is -0.145. The fourth-order valence-electron chi connectivity index (χ4n) is 1.91. The first-order valence-electron chi connectivity index (χ1n) is 6.59. The molecule has 0 aliphatic heterocycles. The van der Waals surface area contributed by atoms with E-state index in [-0.39, 0.29) is 25.4 Å². The number of hydrogen-bond donors (Lipinski definition) is 0. The topological polar surface area (TPSA) is 52.6 Å². The van der Waals surface area contributed by atoms with Gasteiger partial charge in [-0.1, -0.05) is 30.3 Å². The number of carbonyl (C=O) groups excluding carboxylic acids is 2. The lowest BCUT2D eigenvalue weighted by Gasteiger charge is -2.09. The van der Waals surface area contributed by atoms with Crippen molar-refractivity contribution in [3.8, 4) is 5.75 Å². The van der Waals surface area contributed by atoms with Crippen LogP contribution < -0.4 is 4.74 Å². The van der Waals surface area contributed by atoms with Crippen molar-refractivity contribution in [2.24, 2.45) is 0 Å². The fraction of sp³-hybridized carbons (Fsp3) is 0.250. The van der Waals surface area contributed by atoms with E-state index in [0.29, 0.717) is 5.75 Å². The summed E-state index contributed by atoms with van der Waals surface area (Å²) >= 11 is 3.48. The molecule has 0 radical (unpaired) electrons. The van der Waals surface area contributed by atoms with Gasteiger partial charge in [0.25, 0.3) is 0 Å². The van der Waals surface area contributed by atoms with Crippen LogP contribution in [0.15, 0.2) is 40.9 Å². The first kappa shape index (κ1) is 15.5. The van der Waals surface area contributed by atoms with Crippen LogP contribution in [0.5, 0.6) is 5.75 Å². The van der Waals surface area contributed by atoms with Gasteiger partial charge in [-0.2, -0.15) is 0 Å². The van der Waals surface area contributed by atoms with Gasteiger partial charge >= 0.3 is 5.97 Å². The van der Waals surface area contributed by atoms with Crippen LogP contribution in [-0.4, -0.2) is 25.0 Å². The van der Waals surface area contributed by atoms with Crippen molar-refractivity contribution in [2.75, 3.05) is 13.2 Å². The van der Waals surface area contributed by atoms with E-state index in [9.17, 15) is 9.59 Å².